The van der Waals surface area contributed by atoms with Crippen LogP contribution in [0.4, 0.5) is 4.79 Å². The second kappa shape index (κ2) is 5.01. The van der Waals surface area contributed by atoms with Crippen LogP contribution in [0.5, 0.6) is 0 Å². The van der Waals surface area contributed by atoms with Crippen molar-refractivity contribution in [2.45, 2.75) is 39.8 Å². The van der Waals surface area contributed by atoms with Crippen molar-refractivity contribution >= 4 is 6.09 Å². The van der Waals surface area contributed by atoms with E-state index in [-0.39, 0.29) is 0 Å². The van der Waals surface area contributed by atoms with E-state index < -0.39 is 11.7 Å². The predicted molar refractivity (Wildman–Crippen MR) is 61.2 cm³/mol. The molecule has 1 aromatic heterocycles. The molecule has 5 heteroatoms. The van der Waals surface area contributed by atoms with Gasteiger partial charge in [-0.25, -0.2) is 4.79 Å². The molecule has 0 saturated carbocycles. The number of nitrogens with zero attached hydrogens (tertiary/aromatic N) is 2. The summed E-state index contributed by atoms with van der Waals surface area (Å²) >= 11 is 0. The minimum atomic E-state index is -0.452. The molecular formula is C11H19N3O2. The molecule has 0 aliphatic heterocycles. The zero-order valence-corrected chi connectivity index (χ0v) is 10.3. The fraction of sp³-hybridized carbons (Fsp3) is 0.636. The normalized spacial score (nSPS) is 11.2. The highest BCUT2D eigenvalue weighted by atomic mass is 16.6. The van der Waals surface area contributed by atoms with Gasteiger partial charge in [0.1, 0.15) is 5.60 Å². The van der Waals surface area contributed by atoms with Crippen molar-refractivity contribution in [2.24, 2.45) is 0 Å². The molecule has 16 heavy (non-hydrogen) atoms. The molecule has 0 spiro atoms. The topological polar surface area (TPSA) is 56.2 Å². The van der Waals surface area contributed by atoms with E-state index in [0.29, 0.717) is 13.1 Å². The van der Waals surface area contributed by atoms with Gasteiger partial charge in [-0.3, -0.25) is 4.68 Å². The van der Waals surface area contributed by atoms with Crippen molar-refractivity contribution in [1.82, 2.24) is 15.1 Å². The van der Waals surface area contributed by atoms with E-state index in [2.05, 4.69) is 10.4 Å². The Morgan fingerprint density at radius 1 is 1.56 bits per heavy atom. The summed E-state index contributed by atoms with van der Waals surface area (Å²) < 4.78 is 6.89. The van der Waals surface area contributed by atoms with Crippen LogP contribution in [0.15, 0.2) is 12.3 Å². The number of carbonyl (C=O) groups excluding carboxylic acids is 1. The number of aromatic nitrogens is 2. The van der Waals surface area contributed by atoms with E-state index >= 15 is 0 Å². The number of hydrogen-bond donors (Lipinski definition) is 1. The number of aryl methyl sites for hydroxylation is 1. The molecule has 1 rings (SSSR count). The third-order valence-corrected chi connectivity index (χ3v) is 1.78. The van der Waals surface area contributed by atoms with Crippen molar-refractivity contribution in [3.63, 3.8) is 0 Å². The highest BCUT2D eigenvalue weighted by molar-refractivity contribution is 5.67. The minimum Gasteiger partial charge on any atom is -0.444 e. The van der Waals surface area contributed by atoms with Crippen LogP contribution in [0.3, 0.4) is 0 Å². The van der Waals surface area contributed by atoms with E-state index in [1.165, 1.54) is 0 Å². The second-order valence-electron chi connectivity index (χ2n) is 4.65. The van der Waals surface area contributed by atoms with E-state index in [1.807, 2.05) is 40.0 Å². The summed E-state index contributed by atoms with van der Waals surface area (Å²) in [4.78, 5) is 11.3. The molecule has 0 aliphatic rings. The predicted octanol–water partition coefficient (Wildman–Crippen LogP) is 1.72. The van der Waals surface area contributed by atoms with Crippen molar-refractivity contribution in [2.75, 3.05) is 6.54 Å². The van der Waals surface area contributed by atoms with E-state index in [9.17, 15) is 4.79 Å². The van der Waals surface area contributed by atoms with Crippen LogP contribution in [0.2, 0.25) is 0 Å². The average molecular weight is 225 g/mol. The molecule has 1 amide bonds. The molecule has 90 valence electrons. The molecular weight excluding hydrogens is 206 g/mol. The quantitative estimate of drug-likeness (QED) is 0.852. The maximum absolute atomic E-state index is 11.3. The molecule has 0 bridgehead atoms. The lowest BCUT2D eigenvalue weighted by atomic mass is 10.2. The number of alkyl carbamates (subject to hydrolysis) is 1. The van der Waals surface area contributed by atoms with Gasteiger partial charge in [0, 0.05) is 12.7 Å². The van der Waals surface area contributed by atoms with Crippen LogP contribution in [0.1, 0.15) is 26.5 Å². The zero-order valence-electron chi connectivity index (χ0n) is 10.3. The van der Waals surface area contributed by atoms with Gasteiger partial charge in [0.15, 0.2) is 0 Å². The van der Waals surface area contributed by atoms with Gasteiger partial charge in [-0.15, -0.1) is 0 Å². The maximum Gasteiger partial charge on any atom is 0.407 e. The third kappa shape index (κ3) is 4.82. The van der Waals surface area contributed by atoms with Gasteiger partial charge >= 0.3 is 6.09 Å². The van der Waals surface area contributed by atoms with Gasteiger partial charge in [0.25, 0.3) is 0 Å². The monoisotopic (exact) mass is 225 g/mol. The van der Waals surface area contributed by atoms with E-state index in [4.69, 9.17) is 4.74 Å². The lowest BCUT2D eigenvalue weighted by Crippen LogP contribution is -2.34. The van der Waals surface area contributed by atoms with Gasteiger partial charge in [0.2, 0.25) is 0 Å². The molecule has 0 atom stereocenters. The SMILES string of the molecule is Cc1ccn(CCNC(=O)OC(C)(C)C)n1. The van der Waals surface area contributed by atoms with Crippen LogP contribution in [-0.2, 0) is 11.3 Å². The molecule has 0 radical (unpaired) electrons. The Bertz CT molecular complexity index is 352. The fourth-order valence-corrected chi connectivity index (χ4v) is 1.17. The Kier molecular flexibility index (Phi) is 3.93. The summed E-state index contributed by atoms with van der Waals surface area (Å²) in [6, 6.07) is 1.92. The largest absolute Gasteiger partial charge is 0.444 e. The number of carbonyl (C=O) groups is 1. The smallest absolute Gasteiger partial charge is 0.407 e. The minimum absolute atomic E-state index is 0.392. The first kappa shape index (κ1) is 12.5. The maximum atomic E-state index is 11.3. The highest BCUT2D eigenvalue weighted by Crippen LogP contribution is 2.06. The number of ether oxygens (including phenoxy) is 1. The Morgan fingerprint density at radius 2 is 2.25 bits per heavy atom. The molecule has 1 aromatic rings. The van der Waals surface area contributed by atoms with Gasteiger partial charge < -0.3 is 10.1 Å². The highest BCUT2D eigenvalue weighted by Gasteiger charge is 2.15. The van der Waals surface area contributed by atoms with Crippen LogP contribution >= 0.6 is 0 Å². The molecule has 0 aromatic carbocycles. The van der Waals surface area contributed by atoms with Crippen LogP contribution < -0.4 is 5.32 Å². The molecule has 0 aliphatic carbocycles. The number of nitrogens with one attached hydrogen (secondary N) is 1. The zero-order chi connectivity index (χ0) is 12.2. The molecule has 1 N–H and O–H groups in total. The van der Waals surface area contributed by atoms with Crippen molar-refractivity contribution in [3.8, 4) is 0 Å². The summed E-state index contributed by atoms with van der Waals surface area (Å²) in [6.07, 6.45) is 1.49. The Labute approximate surface area is 95.8 Å². The molecule has 0 saturated heterocycles. The van der Waals surface area contributed by atoms with Crippen LogP contribution in [-0.4, -0.2) is 28.0 Å². The van der Waals surface area contributed by atoms with Crippen molar-refractivity contribution < 1.29 is 9.53 Å². The second-order valence-corrected chi connectivity index (χ2v) is 4.65. The average Bonchev–Trinajstić information content (AvgIpc) is 2.48. The molecule has 0 unspecified atom stereocenters. The fourth-order valence-electron chi connectivity index (χ4n) is 1.17. The third-order valence-electron chi connectivity index (χ3n) is 1.78. The molecule has 0 fully saturated rings. The summed E-state index contributed by atoms with van der Waals surface area (Å²) in [5, 5.41) is 6.88. The summed E-state index contributed by atoms with van der Waals surface area (Å²) in [5.41, 5.74) is 0.518. The lowest BCUT2D eigenvalue weighted by Gasteiger charge is -2.19. The van der Waals surface area contributed by atoms with Crippen LogP contribution in [0, 0.1) is 6.92 Å². The Balaban J connectivity index is 2.23. The van der Waals surface area contributed by atoms with Gasteiger partial charge in [0.05, 0.1) is 12.2 Å². The first-order valence-corrected chi connectivity index (χ1v) is 5.34. The molecule has 5 nitrogen and oxygen atoms in total. The van der Waals surface area contributed by atoms with Crippen molar-refractivity contribution in [1.29, 1.82) is 0 Å². The number of hydrogen-bond acceptors (Lipinski definition) is 3. The van der Waals surface area contributed by atoms with Gasteiger partial charge in [-0.1, -0.05) is 0 Å². The summed E-state index contributed by atoms with van der Waals surface area (Å²) in [7, 11) is 0. The Hall–Kier alpha value is -1.52. The molecule has 1 heterocycles. The van der Waals surface area contributed by atoms with Crippen molar-refractivity contribution in [3.05, 3.63) is 18.0 Å². The number of amides is 1. The van der Waals surface area contributed by atoms with Gasteiger partial charge in [-0.2, -0.15) is 5.10 Å². The Morgan fingerprint density at radius 3 is 2.75 bits per heavy atom. The standard InChI is InChI=1S/C11H19N3O2/c1-9-5-7-14(13-9)8-6-12-10(15)16-11(2,3)4/h5,7H,6,8H2,1-4H3,(H,12,15). The summed E-state index contributed by atoms with van der Waals surface area (Å²) in [5.74, 6) is 0. The first-order valence-electron chi connectivity index (χ1n) is 5.34. The first-order chi connectivity index (χ1) is 7.37. The lowest BCUT2D eigenvalue weighted by molar-refractivity contribution is 0.0525. The number of rotatable bonds is 3. The summed E-state index contributed by atoms with van der Waals surface area (Å²) in [6.45, 7) is 8.59. The van der Waals surface area contributed by atoms with E-state index in [1.54, 1.807) is 4.68 Å². The van der Waals surface area contributed by atoms with Crippen LogP contribution in [0.25, 0.3) is 0 Å². The van der Waals surface area contributed by atoms with E-state index in [0.717, 1.165) is 5.69 Å². The van der Waals surface area contributed by atoms with Gasteiger partial charge in [-0.05, 0) is 33.8 Å².